The van der Waals surface area contributed by atoms with Crippen molar-refractivity contribution in [1.29, 1.82) is 0 Å². The summed E-state index contributed by atoms with van der Waals surface area (Å²) in [4.78, 5) is 8.75. The van der Waals surface area contributed by atoms with Crippen LogP contribution in [0.2, 0.25) is 0 Å². The molecule has 130 valence electrons. The summed E-state index contributed by atoms with van der Waals surface area (Å²) in [6, 6.07) is 8.27. The second kappa shape index (κ2) is 6.69. The van der Waals surface area contributed by atoms with Crippen LogP contribution in [-0.4, -0.2) is 24.7 Å². The lowest BCUT2D eigenvalue weighted by atomic mass is 10.2. The molecule has 1 saturated carbocycles. The zero-order chi connectivity index (χ0) is 17.3. The number of furan rings is 1. The van der Waals surface area contributed by atoms with E-state index < -0.39 is 0 Å². The van der Waals surface area contributed by atoms with Crippen LogP contribution >= 0.6 is 23.1 Å². The largest absolute Gasteiger partial charge is 0.462 e. The zero-order valence-corrected chi connectivity index (χ0v) is 15.4. The van der Waals surface area contributed by atoms with Crippen molar-refractivity contribution in [3.05, 3.63) is 54.0 Å². The Hall–Kier alpha value is -2.45. The third kappa shape index (κ3) is 3.06. The topological polar surface area (TPSA) is 69.6 Å². The van der Waals surface area contributed by atoms with Crippen LogP contribution in [0, 0.1) is 0 Å². The maximum atomic E-state index is 5.42. The predicted octanol–water partition coefficient (Wildman–Crippen LogP) is 4.68. The van der Waals surface area contributed by atoms with Crippen molar-refractivity contribution in [1.82, 2.24) is 24.7 Å². The number of rotatable bonds is 6. The quantitative estimate of drug-likeness (QED) is 0.452. The zero-order valence-electron chi connectivity index (χ0n) is 13.8. The van der Waals surface area contributed by atoms with E-state index in [9.17, 15) is 0 Å². The fourth-order valence-corrected chi connectivity index (χ4v) is 4.55. The van der Waals surface area contributed by atoms with Crippen LogP contribution in [0.3, 0.4) is 0 Å². The Labute approximate surface area is 158 Å². The summed E-state index contributed by atoms with van der Waals surface area (Å²) in [5.41, 5.74) is 2.09. The van der Waals surface area contributed by atoms with E-state index in [2.05, 4.69) is 30.1 Å². The van der Waals surface area contributed by atoms with Crippen LogP contribution in [0.15, 0.2) is 57.9 Å². The van der Waals surface area contributed by atoms with E-state index in [-0.39, 0.29) is 0 Å². The Morgan fingerprint density at radius 1 is 1.19 bits per heavy atom. The molecule has 0 bridgehead atoms. The highest BCUT2D eigenvalue weighted by Gasteiger charge is 2.30. The average molecular weight is 381 g/mol. The number of thioether (sulfide) groups is 1. The van der Waals surface area contributed by atoms with E-state index in [4.69, 9.17) is 4.42 Å². The molecule has 4 aromatic rings. The second-order valence-corrected chi connectivity index (χ2v) is 7.85. The molecule has 0 aromatic carbocycles. The van der Waals surface area contributed by atoms with E-state index in [1.807, 2.05) is 24.3 Å². The molecule has 1 aliphatic rings. The lowest BCUT2D eigenvalue weighted by molar-refractivity contribution is 0.581. The molecule has 5 rings (SSSR count). The van der Waals surface area contributed by atoms with Gasteiger partial charge in [0.2, 0.25) is 0 Å². The molecule has 8 heteroatoms. The smallest absolute Gasteiger partial charge is 0.192 e. The molecule has 0 spiro atoms. The van der Waals surface area contributed by atoms with Gasteiger partial charge >= 0.3 is 0 Å². The number of aromatic nitrogens is 5. The van der Waals surface area contributed by atoms with Gasteiger partial charge in [0.15, 0.2) is 21.7 Å². The minimum atomic E-state index is 0.504. The molecule has 0 unspecified atom stereocenters. The predicted molar refractivity (Wildman–Crippen MR) is 101 cm³/mol. The average Bonchev–Trinajstić information content (AvgIpc) is 3.10. The number of thiazole rings is 1. The van der Waals surface area contributed by atoms with E-state index in [1.54, 1.807) is 41.8 Å². The molecule has 0 saturated heterocycles. The molecule has 26 heavy (non-hydrogen) atoms. The summed E-state index contributed by atoms with van der Waals surface area (Å²) in [5.74, 6) is 2.50. The number of nitrogens with zero attached hydrogens (tertiary/aromatic N) is 5. The van der Waals surface area contributed by atoms with Crippen molar-refractivity contribution in [3.63, 3.8) is 0 Å². The molecule has 1 aliphatic carbocycles. The summed E-state index contributed by atoms with van der Waals surface area (Å²) in [6.45, 7) is 0. The highest BCUT2D eigenvalue weighted by atomic mass is 32.2. The summed E-state index contributed by atoms with van der Waals surface area (Å²) in [6.07, 6.45) is 7.62. The molecule has 1 fully saturated rings. The standard InChI is InChI=1S/C18H15N5OS2/c1-2-15(24-9-1)17-20-13(10-25-17)11-26-18-22-21-16(23(18)14-3-4-14)12-5-7-19-8-6-12/h1-2,5-10,14H,3-4,11H2. The summed E-state index contributed by atoms with van der Waals surface area (Å²) < 4.78 is 7.68. The van der Waals surface area contributed by atoms with Gasteiger partial charge in [-0.2, -0.15) is 0 Å². The van der Waals surface area contributed by atoms with Gasteiger partial charge in [-0.3, -0.25) is 9.55 Å². The lowest BCUT2D eigenvalue weighted by Crippen LogP contribution is -2.00. The number of pyridine rings is 1. The van der Waals surface area contributed by atoms with Crippen molar-refractivity contribution < 1.29 is 4.42 Å². The molecule has 0 radical (unpaired) electrons. The van der Waals surface area contributed by atoms with E-state index in [1.165, 1.54) is 12.8 Å². The molecule has 4 aromatic heterocycles. The Bertz CT molecular complexity index is 1010. The first-order chi connectivity index (χ1) is 12.9. The van der Waals surface area contributed by atoms with Gasteiger partial charge in [0.05, 0.1) is 12.0 Å². The Morgan fingerprint density at radius 3 is 2.85 bits per heavy atom. The van der Waals surface area contributed by atoms with Gasteiger partial charge < -0.3 is 4.42 Å². The Morgan fingerprint density at radius 2 is 2.08 bits per heavy atom. The van der Waals surface area contributed by atoms with Crippen LogP contribution in [0.1, 0.15) is 24.6 Å². The maximum absolute atomic E-state index is 5.42. The van der Waals surface area contributed by atoms with Crippen LogP contribution < -0.4 is 0 Å². The van der Waals surface area contributed by atoms with E-state index in [0.29, 0.717) is 6.04 Å². The highest BCUT2D eigenvalue weighted by Crippen LogP contribution is 2.41. The third-order valence-corrected chi connectivity index (χ3v) is 6.03. The van der Waals surface area contributed by atoms with Crippen molar-refractivity contribution in [2.75, 3.05) is 0 Å². The second-order valence-electron chi connectivity index (χ2n) is 6.05. The fourth-order valence-electron chi connectivity index (χ4n) is 2.76. The van der Waals surface area contributed by atoms with Crippen molar-refractivity contribution in [2.45, 2.75) is 29.8 Å². The molecule has 6 nitrogen and oxygen atoms in total. The van der Waals surface area contributed by atoms with Gasteiger partial charge in [-0.1, -0.05) is 11.8 Å². The lowest BCUT2D eigenvalue weighted by Gasteiger charge is -2.08. The molecule has 4 heterocycles. The first-order valence-corrected chi connectivity index (χ1v) is 10.2. The molecule has 0 aliphatic heterocycles. The Balaban J connectivity index is 1.37. The summed E-state index contributed by atoms with van der Waals surface area (Å²) in [7, 11) is 0. The molecular weight excluding hydrogens is 366 g/mol. The first kappa shape index (κ1) is 15.8. The first-order valence-electron chi connectivity index (χ1n) is 8.35. The number of hydrogen-bond donors (Lipinski definition) is 0. The van der Waals surface area contributed by atoms with E-state index >= 15 is 0 Å². The van der Waals surface area contributed by atoms with Gasteiger partial charge in [0.25, 0.3) is 0 Å². The summed E-state index contributed by atoms with van der Waals surface area (Å²) >= 11 is 3.28. The molecule has 0 N–H and O–H groups in total. The summed E-state index contributed by atoms with van der Waals surface area (Å²) in [5, 5.41) is 12.8. The minimum absolute atomic E-state index is 0.504. The highest BCUT2D eigenvalue weighted by molar-refractivity contribution is 7.98. The van der Waals surface area contributed by atoms with Gasteiger partial charge in [-0.15, -0.1) is 21.5 Å². The fraction of sp³-hybridized carbons (Fsp3) is 0.222. The van der Waals surface area contributed by atoms with Gasteiger partial charge in [-0.05, 0) is 37.1 Å². The minimum Gasteiger partial charge on any atom is -0.462 e. The number of hydrogen-bond acceptors (Lipinski definition) is 7. The van der Waals surface area contributed by atoms with Crippen LogP contribution in [-0.2, 0) is 5.75 Å². The van der Waals surface area contributed by atoms with Gasteiger partial charge in [0, 0.05) is 35.1 Å². The van der Waals surface area contributed by atoms with Gasteiger partial charge in [-0.25, -0.2) is 4.98 Å². The molecular formula is C18H15N5OS2. The van der Waals surface area contributed by atoms with Crippen molar-refractivity contribution >= 4 is 23.1 Å². The van der Waals surface area contributed by atoms with Gasteiger partial charge in [0.1, 0.15) is 0 Å². The normalized spacial score (nSPS) is 14.0. The Kier molecular flexibility index (Phi) is 4.06. The SMILES string of the molecule is c1coc(-c2nc(CSc3nnc(-c4ccncc4)n3C3CC3)cs2)c1. The van der Waals surface area contributed by atoms with Crippen LogP contribution in [0.4, 0.5) is 0 Å². The maximum Gasteiger partial charge on any atom is 0.192 e. The molecule has 0 atom stereocenters. The third-order valence-electron chi connectivity index (χ3n) is 4.15. The van der Waals surface area contributed by atoms with Crippen molar-refractivity contribution in [2.24, 2.45) is 0 Å². The monoisotopic (exact) mass is 381 g/mol. The molecule has 0 amide bonds. The van der Waals surface area contributed by atoms with E-state index in [0.717, 1.165) is 38.8 Å². The van der Waals surface area contributed by atoms with Crippen LogP contribution in [0.5, 0.6) is 0 Å². The van der Waals surface area contributed by atoms with Crippen molar-refractivity contribution in [3.8, 4) is 22.2 Å². The van der Waals surface area contributed by atoms with Crippen LogP contribution in [0.25, 0.3) is 22.2 Å².